The van der Waals surface area contributed by atoms with Crippen molar-refractivity contribution >= 4 is 29.9 Å². The standard InChI is InChI=1S/C16H33N5.HI/c1-16(2)6-10-21(14-16)15(17-3)18-7-11-20-9-5-8-19(4)12-13-20;/h5-14H2,1-4H3,(H,17,18);1H. The molecule has 1 N–H and O–H groups in total. The zero-order chi connectivity index (χ0) is 15.3. The van der Waals surface area contributed by atoms with Crippen molar-refractivity contribution in [2.24, 2.45) is 10.4 Å². The molecule has 2 saturated heterocycles. The van der Waals surface area contributed by atoms with Crippen LogP contribution in [-0.2, 0) is 0 Å². The van der Waals surface area contributed by atoms with Crippen LogP contribution in [0.5, 0.6) is 0 Å². The van der Waals surface area contributed by atoms with E-state index in [1.165, 1.54) is 39.0 Å². The molecule has 0 aliphatic carbocycles. The van der Waals surface area contributed by atoms with Crippen molar-refractivity contribution in [1.29, 1.82) is 0 Å². The van der Waals surface area contributed by atoms with Crippen LogP contribution in [0.4, 0.5) is 0 Å². The number of rotatable bonds is 3. The van der Waals surface area contributed by atoms with Gasteiger partial charge in [0.2, 0.25) is 0 Å². The van der Waals surface area contributed by atoms with Gasteiger partial charge in [-0.1, -0.05) is 13.8 Å². The molecule has 0 radical (unpaired) electrons. The summed E-state index contributed by atoms with van der Waals surface area (Å²) in [5.74, 6) is 1.08. The molecule has 0 bridgehead atoms. The predicted molar refractivity (Wildman–Crippen MR) is 105 cm³/mol. The Hall–Kier alpha value is -0.0800. The average Bonchev–Trinajstić information content (AvgIpc) is 2.66. The number of halogens is 1. The summed E-state index contributed by atoms with van der Waals surface area (Å²) < 4.78 is 0. The zero-order valence-corrected chi connectivity index (χ0v) is 17.1. The van der Waals surface area contributed by atoms with E-state index >= 15 is 0 Å². The second kappa shape index (κ2) is 9.27. The third-order valence-corrected chi connectivity index (χ3v) is 4.71. The molecule has 0 aromatic carbocycles. The molecule has 0 atom stereocenters. The van der Waals surface area contributed by atoms with E-state index < -0.39 is 0 Å². The van der Waals surface area contributed by atoms with Gasteiger partial charge >= 0.3 is 0 Å². The van der Waals surface area contributed by atoms with Crippen molar-refractivity contribution in [3.05, 3.63) is 0 Å². The van der Waals surface area contributed by atoms with Crippen LogP contribution in [0.3, 0.4) is 0 Å². The quantitative estimate of drug-likeness (QED) is 0.425. The van der Waals surface area contributed by atoms with Gasteiger partial charge in [0.25, 0.3) is 0 Å². The molecule has 0 aromatic heterocycles. The van der Waals surface area contributed by atoms with Crippen molar-refractivity contribution in [3.63, 3.8) is 0 Å². The number of hydrogen-bond donors (Lipinski definition) is 1. The summed E-state index contributed by atoms with van der Waals surface area (Å²) in [7, 11) is 4.12. The first-order chi connectivity index (χ1) is 10.00. The van der Waals surface area contributed by atoms with E-state index in [0.717, 1.165) is 32.1 Å². The van der Waals surface area contributed by atoms with Crippen LogP contribution in [0.2, 0.25) is 0 Å². The molecular formula is C16H34IN5. The van der Waals surface area contributed by atoms with E-state index in [4.69, 9.17) is 0 Å². The smallest absolute Gasteiger partial charge is 0.193 e. The number of hydrogen-bond acceptors (Lipinski definition) is 3. The molecule has 22 heavy (non-hydrogen) atoms. The highest BCUT2D eigenvalue weighted by molar-refractivity contribution is 14.0. The first-order valence-electron chi connectivity index (χ1n) is 8.37. The summed E-state index contributed by atoms with van der Waals surface area (Å²) in [6.45, 7) is 13.9. The van der Waals surface area contributed by atoms with Crippen LogP contribution in [-0.4, -0.2) is 87.1 Å². The topological polar surface area (TPSA) is 34.1 Å². The molecule has 0 unspecified atom stereocenters. The number of likely N-dealkylation sites (tertiary alicyclic amines) is 1. The highest BCUT2D eigenvalue weighted by atomic mass is 127. The van der Waals surface area contributed by atoms with Crippen molar-refractivity contribution in [3.8, 4) is 0 Å². The van der Waals surface area contributed by atoms with Crippen LogP contribution >= 0.6 is 24.0 Å². The van der Waals surface area contributed by atoms with Crippen LogP contribution in [0.25, 0.3) is 0 Å². The second-order valence-corrected chi connectivity index (χ2v) is 7.31. The molecular weight excluding hydrogens is 389 g/mol. The maximum atomic E-state index is 4.45. The molecule has 0 amide bonds. The van der Waals surface area contributed by atoms with Gasteiger partial charge < -0.3 is 20.0 Å². The third kappa shape index (κ3) is 6.20. The van der Waals surface area contributed by atoms with Gasteiger partial charge in [-0.05, 0) is 38.4 Å². The van der Waals surface area contributed by atoms with Crippen LogP contribution in [0.15, 0.2) is 4.99 Å². The van der Waals surface area contributed by atoms with Crippen molar-refractivity contribution in [1.82, 2.24) is 20.0 Å². The molecule has 130 valence electrons. The van der Waals surface area contributed by atoms with Gasteiger partial charge in [-0.25, -0.2) is 0 Å². The molecule has 0 spiro atoms. The lowest BCUT2D eigenvalue weighted by Gasteiger charge is -2.25. The minimum atomic E-state index is 0. The SMILES string of the molecule is CN=C(NCCN1CCCN(C)CC1)N1CCC(C)(C)C1.I. The fourth-order valence-electron chi connectivity index (χ4n) is 3.27. The van der Waals surface area contributed by atoms with Crippen molar-refractivity contribution in [2.45, 2.75) is 26.7 Å². The van der Waals surface area contributed by atoms with E-state index in [1.807, 2.05) is 7.05 Å². The first-order valence-corrected chi connectivity index (χ1v) is 8.37. The maximum absolute atomic E-state index is 4.45. The Bertz CT molecular complexity index is 358. The summed E-state index contributed by atoms with van der Waals surface area (Å²) in [4.78, 5) is 11.8. The Morgan fingerprint density at radius 3 is 2.55 bits per heavy atom. The van der Waals surface area contributed by atoms with Gasteiger partial charge in [-0.2, -0.15) is 0 Å². The van der Waals surface area contributed by atoms with E-state index in [-0.39, 0.29) is 24.0 Å². The van der Waals surface area contributed by atoms with Gasteiger partial charge in [0.1, 0.15) is 0 Å². The predicted octanol–water partition coefficient (Wildman–Crippen LogP) is 1.55. The lowest BCUT2D eigenvalue weighted by molar-refractivity contribution is 0.278. The van der Waals surface area contributed by atoms with Crippen molar-refractivity contribution < 1.29 is 0 Å². The van der Waals surface area contributed by atoms with Gasteiger partial charge in [0, 0.05) is 46.3 Å². The highest BCUT2D eigenvalue weighted by Gasteiger charge is 2.30. The summed E-state index contributed by atoms with van der Waals surface area (Å²) >= 11 is 0. The summed E-state index contributed by atoms with van der Waals surface area (Å²) in [6, 6.07) is 0. The summed E-state index contributed by atoms with van der Waals surface area (Å²) in [5.41, 5.74) is 0.424. The molecule has 6 heteroatoms. The highest BCUT2D eigenvalue weighted by Crippen LogP contribution is 2.28. The molecule has 5 nitrogen and oxygen atoms in total. The Kier molecular flexibility index (Phi) is 8.42. The number of likely N-dealkylation sites (N-methyl/N-ethyl adjacent to an activating group) is 1. The minimum Gasteiger partial charge on any atom is -0.355 e. The minimum absolute atomic E-state index is 0. The molecule has 2 aliphatic rings. The molecule has 0 aromatic rings. The molecule has 2 aliphatic heterocycles. The Morgan fingerprint density at radius 2 is 1.91 bits per heavy atom. The fraction of sp³-hybridized carbons (Fsp3) is 0.938. The normalized spacial score (nSPS) is 24.0. The van der Waals surface area contributed by atoms with Crippen molar-refractivity contribution in [2.75, 3.05) is 66.5 Å². The van der Waals surface area contributed by atoms with Crippen LogP contribution in [0, 0.1) is 5.41 Å². The molecule has 2 fully saturated rings. The summed E-state index contributed by atoms with van der Waals surface area (Å²) in [5, 5.41) is 3.55. The maximum Gasteiger partial charge on any atom is 0.193 e. The second-order valence-electron chi connectivity index (χ2n) is 7.31. The molecule has 0 saturated carbocycles. The molecule has 2 rings (SSSR count). The molecule has 2 heterocycles. The summed E-state index contributed by atoms with van der Waals surface area (Å²) in [6.07, 6.45) is 2.54. The van der Waals surface area contributed by atoms with Crippen LogP contribution < -0.4 is 5.32 Å². The van der Waals surface area contributed by atoms with E-state index in [2.05, 4.69) is 45.9 Å². The van der Waals surface area contributed by atoms with E-state index in [9.17, 15) is 0 Å². The van der Waals surface area contributed by atoms with E-state index in [1.54, 1.807) is 0 Å². The van der Waals surface area contributed by atoms with Gasteiger partial charge in [-0.15, -0.1) is 24.0 Å². The zero-order valence-electron chi connectivity index (χ0n) is 14.8. The van der Waals surface area contributed by atoms with Gasteiger partial charge in [-0.3, -0.25) is 4.99 Å². The lowest BCUT2D eigenvalue weighted by Crippen LogP contribution is -2.44. The Balaban J connectivity index is 0.00000242. The third-order valence-electron chi connectivity index (χ3n) is 4.71. The average molecular weight is 423 g/mol. The van der Waals surface area contributed by atoms with E-state index in [0.29, 0.717) is 5.41 Å². The lowest BCUT2D eigenvalue weighted by atomic mass is 9.93. The Labute approximate surface area is 153 Å². The number of nitrogens with one attached hydrogen (secondary N) is 1. The monoisotopic (exact) mass is 423 g/mol. The number of aliphatic imine (C=N–C) groups is 1. The van der Waals surface area contributed by atoms with Gasteiger partial charge in [0.05, 0.1) is 0 Å². The van der Waals surface area contributed by atoms with Gasteiger partial charge in [0.15, 0.2) is 5.96 Å². The first kappa shape index (κ1) is 20.0. The Morgan fingerprint density at radius 1 is 1.14 bits per heavy atom. The van der Waals surface area contributed by atoms with Crippen LogP contribution in [0.1, 0.15) is 26.7 Å². The number of nitrogens with zero attached hydrogens (tertiary/aromatic N) is 4. The largest absolute Gasteiger partial charge is 0.355 e. The fourth-order valence-corrected chi connectivity index (χ4v) is 3.27. The number of guanidine groups is 1.